The van der Waals surface area contributed by atoms with Crippen molar-refractivity contribution in [1.29, 1.82) is 0 Å². The number of benzene rings is 1. The maximum atomic E-state index is 13.3. The first-order valence-electron chi connectivity index (χ1n) is 5.48. The van der Waals surface area contributed by atoms with Crippen LogP contribution in [0, 0.1) is 0 Å². The van der Waals surface area contributed by atoms with Crippen LogP contribution in [0.5, 0.6) is 11.5 Å². The molecule has 0 radical (unpaired) electrons. The molecule has 19 heavy (non-hydrogen) atoms. The molecule has 0 N–H and O–H groups in total. The first-order chi connectivity index (χ1) is 8.94. The number of hydrogen-bond acceptors (Lipinski definition) is 5. The van der Waals surface area contributed by atoms with Crippen LogP contribution in [0.15, 0.2) is 18.2 Å². The van der Waals surface area contributed by atoms with Crippen molar-refractivity contribution in [1.82, 2.24) is 0 Å². The summed E-state index contributed by atoms with van der Waals surface area (Å²) < 4.78 is 40.1. The van der Waals surface area contributed by atoms with Crippen LogP contribution in [0.3, 0.4) is 0 Å². The molecule has 0 amide bonds. The molecular weight excluding hydrogens is 262 g/mol. The molecule has 0 aliphatic carbocycles. The van der Waals surface area contributed by atoms with Gasteiger partial charge in [0, 0.05) is 6.07 Å². The van der Waals surface area contributed by atoms with Gasteiger partial charge in [-0.25, -0.2) is 4.79 Å². The van der Waals surface area contributed by atoms with Crippen molar-refractivity contribution in [3.05, 3.63) is 23.8 Å². The molecule has 102 valence electrons. The molecular formula is C12H10F2O5. The van der Waals surface area contributed by atoms with Crippen LogP contribution in [0.25, 0.3) is 0 Å². The third-order valence-electron chi connectivity index (χ3n) is 2.37. The fourth-order valence-electron chi connectivity index (χ4n) is 1.54. The molecule has 0 unspecified atom stereocenters. The number of ether oxygens (including phenoxy) is 3. The Bertz CT molecular complexity index is 527. The number of esters is 1. The average Bonchev–Trinajstić information content (AvgIpc) is 2.70. The molecule has 5 nitrogen and oxygen atoms in total. The van der Waals surface area contributed by atoms with Crippen molar-refractivity contribution in [2.24, 2.45) is 0 Å². The van der Waals surface area contributed by atoms with E-state index in [9.17, 15) is 18.4 Å². The second-order valence-electron chi connectivity index (χ2n) is 3.71. The summed E-state index contributed by atoms with van der Waals surface area (Å²) in [4.78, 5) is 22.2. The fourth-order valence-corrected chi connectivity index (χ4v) is 1.54. The molecule has 0 spiro atoms. The maximum Gasteiger partial charge on any atom is 0.502 e. The number of ketones is 1. The highest BCUT2D eigenvalue weighted by molar-refractivity contribution is 6.02. The summed E-state index contributed by atoms with van der Waals surface area (Å²) in [5, 5.41) is 0. The van der Waals surface area contributed by atoms with Crippen molar-refractivity contribution in [2.75, 3.05) is 13.2 Å². The summed E-state index contributed by atoms with van der Waals surface area (Å²) in [7, 11) is 0. The first kappa shape index (κ1) is 13.3. The van der Waals surface area contributed by atoms with E-state index in [0.717, 1.165) is 6.07 Å². The van der Waals surface area contributed by atoms with Crippen LogP contribution in [-0.2, 0) is 9.53 Å². The van der Waals surface area contributed by atoms with Gasteiger partial charge in [0.1, 0.15) is 11.5 Å². The molecule has 0 saturated heterocycles. The number of alkyl halides is 2. The van der Waals surface area contributed by atoms with Crippen molar-refractivity contribution in [3.8, 4) is 11.5 Å². The minimum absolute atomic E-state index is 0.132. The molecule has 2 rings (SSSR count). The van der Waals surface area contributed by atoms with Crippen LogP contribution in [0.2, 0.25) is 0 Å². The largest absolute Gasteiger partial charge is 0.502 e. The van der Waals surface area contributed by atoms with Gasteiger partial charge in [0.15, 0.2) is 6.61 Å². The smallest absolute Gasteiger partial charge is 0.485 e. The molecule has 1 aromatic carbocycles. The predicted octanol–water partition coefficient (Wildman–Crippen LogP) is 1.80. The van der Waals surface area contributed by atoms with E-state index in [4.69, 9.17) is 4.74 Å². The van der Waals surface area contributed by atoms with E-state index < -0.39 is 12.1 Å². The van der Waals surface area contributed by atoms with E-state index in [0.29, 0.717) is 5.56 Å². The Labute approximate surface area is 107 Å². The zero-order valence-electron chi connectivity index (χ0n) is 9.94. The highest BCUT2D eigenvalue weighted by atomic mass is 19.3. The minimum Gasteiger partial charge on any atom is -0.485 e. The number of Topliss-reactive ketones (excluding diaryl/α,β-unsaturated/α-hetero) is 1. The van der Waals surface area contributed by atoms with Crippen LogP contribution in [0.1, 0.15) is 17.3 Å². The second-order valence-corrected chi connectivity index (χ2v) is 3.71. The molecule has 1 heterocycles. The Balaban J connectivity index is 2.16. The zero-order valence-corrected chi connectivity index (χ0v) is 9.94. The topological polar surface area (TPSA) is 61.8 Å². The van der Waals surface area contributed by atoms with E-state index >= 15 is 0 Å². The summed E-state index contributed by atoms with van der Waals surface area (Å²) >= 11 is 0. The Morgan fingerprint density at radius 3 is 2.89 bits per heavy atom. The number of hydrogen-bond donors (Lipinski definition) is 0. The van der Waals surface area contributed by atoms with Crippen LogP contribution in [-0.4, -0.2) is 31.1 Å². The van der Waals surface area contributed by atoms with Gasteiger partial charge in [-0.1, -0.05) is 0 Å². The zero-order chi connectivity index (χ0) is 14.0. The second kappa shape index (κ2) is 4.83. The van der Waals surface area contributed by atoms with Crippen LogP contribution in [0.4, 0.5) is 8.78 Å². The molecule has 0 saturated carbocycles. The molecule has 0 fully saturated rings. The van der Waals surface area contributed by atoms with Gasteiger partial charge in [-0.05, 0) is 19.1 Å². The average molecular weight is 272 g/mol. The lowest BCUT2D eigenvalue weighted by atomic mass is 10.1. The lowest BCUT2D eigenvalue weighted by Crippen LogP contribution is -2.36. The standard InChI is InChI=1S/C12H10F2O5/c1-2-17-11(16)12(13,14)19-7-3-4-8-9(15)6-18-10(8)5-7/h3-5H,2,6H2,1H3. The van der Waals surface area contributed by atoms with Gasteiger partial charge in [0.25, 0.3) is 0 Å². The van der Waals surface area contributed by atoms with Gasteiger partial charge in [0.2, 0.25) is 5.78 Å². The maximum absolute atomic E-state index is 13.3. The van der Waals surface area contributed by atoms with Gasteiger partial charge in [-0.15, -0.1) is 0 Å². The van der Waals surface area contributed by atoms with E-state index in [1.807, 2.05) is 0 Å². The molecule has 0 atom stereocenters. The third-order valence-corrected chi connectivity index (χ3v) is 2.37. The first-order valence-corrected chi connectivity index (χ1v) is 5.48. The van der Waals surface area contributed by atoms with Gasteiger partial charge in [-0.3, -0.25) is 4.79 Å². The van der Waals surface area contributed by atoms with Crippen molar-refractivity contribution < 1.29 is 32.6 Å². The number of fused-ring (bicyclic) bond motifs is 1. The summed E-state index contributed by atoms with van der Waals surface area (Å²) in [6.07, 6.45) is -4.09. The Morgan fingerprint density at radius 2 is 2.21 bits per heavy atom. The molecule has 0 bridgehead atoms. The Kier molecular flexibility index (Phi) is 3.37. The van der Waals surface area contributed by atoms with Crippen molar-refractivity contribution in [2.45, 2.75) is 13.0 Å². The SMILES string of the molecule is CCOC(=O)C(F)(F)Oc1ccc2c(c1)OCC2=O. The van der Waals surface area contributed by atoms with E-state index in [1.54, 1.807) is 0 Å². The molecule has 0 aromatic heterocycles. The summed E-state index contributed by atoms with van der Waals surface area (Å²) in [5.41, 5.74) is 0.298. The normalized spacial score (nSPS) is 13.7. The summed E-state index contributed by atoms with van der Waals surface area (Å²) in [5.74, 6) is -2.14. The van der Waals surface area contributed by atoms with Gasteiger partial charge < -0.3 is 14.2 Å². The molecule has 1 aliphatic rings. The predicted molar refractivity (Wildman–Crippen MR) is 58.5 cm³/mol. The summed E-state index contributed by atoms with van der Waals surface area (Å²) in [6.45, 7) is 1.09. The highest BCUT2D eigenvalue weighted by Crippen LogP contribution is 2.32. The van der Waals surface area contributed by atoms with Gasteiger partial charge in [-0.2, -0.15) is 8.78 Å². The van der Waals surface area contributed by atoms with Crippen LogP contribution >= 0.6 is 0 Å². The molecule has 7 heteroatoms. The number of carbonyl (C=O) groups is 2. The van der Waals surface area contributed by atoms with E-state index in [1.165, 1.54) is 19.1 Å². The molecule has 1 aliphatic heterocycles. The monoisotopic (exact) mass is 272 g/mol. The lowest BCUT2D eigenvalue weighted by molar-refractivity contribution is -0.216. The third kappa shape index (κ3) is 2.64. The van der Waals surface area contributed by atoms with Crippen molar-refractivity contribution >= 4 is 11.8 Å². The van der Waals surface area contributed by atoms with Crippen LogP contribution < -0.4 is 9.47 Å². The number of rotatable bonds is 4. The van der Waals surface area contributed by atoms with Gasteiger partial charge >= 0.3 is 12.1 Å². The fraction of sp³-hybridized carbons (Fsp3) is 0.333. The quantitative estimate of drug-likeness (QED) is 0.782. The number of halogens is 2. The highest BCUT2D eigenvalue weighted by Gasteiger charge is 2.44. The summed E-state index contributed by atoms with van der Waals surface area (Å²) in [6, 6.07) is 3.60. The van der Waals surface area contributed by atoms with Crippen molar-refractivity contribution in [3.63, 3.8) is 0 Å². The lowest BCUT2D eigenvalue weighted by Gasteiger charge is -2.16. The Hall–Kier alpha value is -2.18. The van der Waals surface area contributed by atoms with Gasteiger partial charge in [0.05, 0.1) is 12.2 Å². The minimum atomic E-state index is -4.09. The Morgan fingerprint density at radius 1 is 1.47 bits per heavy atom. The molecule has 1 aromatic rings. The van der Waals surface area contributed by atoms with E-state index in [-0.39, 0.29) is 30.5 Å². The van der Waals surface area contributed by atoms with E-state index in [2.05, 4.69) is 9.47 Å². The number of carbonyl (C=O) groups excluding carboxylic acids is 2.